The molecule has 2 aromatic rings. The number of rotatable bonds is 2. The van der Waals surface area contributed by atoms with Gasteiger partial charge in [0.25, 0.3) is 0 Å². The van der Waals surface area contributed by atoms with Crippen molar-refractivity contribution >= 4 is 28.9 Å². The summed E-state index contributed by atoms with van der Waals surface area (Å²) in [6.07, 6.45) is 0. The van der Waals surface area contributed by atoms with E-state index in [1.807, 2.05) is 24.3 Å². The number of carbonyl (C=O) groups is 1. The van der Waals surface area contributed by atoms with Crippen molar-refractivity contribution in [2.75, 3.05) is 16.8 Å². The minimum absolute atomic E-state index is 0.0851. The third-order valence-corrected chi connectivity index (χ3v) is 3.50. The van der Waals surface area contributed by atoms with Crippen LogP contribution in [0.2, 0.25) is 5.02 Å². The molecular weight excluding hydrogens is 279 g/mol. The summed E-state index contributed by atoms with van der Waals surface area (Å²) >= 11 is 5.74. The summed E-state index contributed by atoms with van der Waals surface area (Å²) in [5.74, 6) is -0.487. The van der Waals surface area contributed by atoms with Crippen LogP contribution in [0.1, 0.15) is 5.56 Å². The first-order chi connectivity index (χ1) is 9.65. The molecule has 0 atom stereocenters. The van der Waals surface area contributed by atoms with Crippen molar-refractivity contribution in [3.8, 4) is 0 Å². The number of fused-ring (bicyclic) bond motifs is 1. The summed E-state index contributed by atoms with van der Waals surface area (Å²) in [5.41, 5.74) is 2.08. The third-order valence-electron chi connectivity index (χ3n) is 3.27. The third kappa shape index (κ3) is 2.34. The first-order valence-electron chi connectivity index (χ1n) is 6.22. The number of hydrogen-bond donors (Lipinski definition) is 1. The molecule has 1 heterocycles. The Morgan fingerprint density at radius 1 is 1.25 bits per heavy atom. The van der Waals surface area contributed by atoms with Crippen molar-refractivity contribution in [1.29, 1.82) is 0 Å². The first-order valence-corrected chi connectivity index (χ1v) is 6.60. The monoisotopic (exact) mass is 290 g/mol. The molecule has 0 saturated heterocycles. The van der Waals surface area contributed by atoms with Crippen LogP contribution in [-0.4, -0.2) is 12.5 Å². The largest absolute Gasteiger partial charge is 0.374 e. The van der Waals surface area contributed by atoms with E-state index in [-0.39, 0.29) is 19.0 Å². The van der Waals surface area contributed by atoms with Crippen molar-refractivity contribution in [1.82, 2.24) is 0 Å². The Morgan fingerprint density at radius 2 is 2.05 bits per heavy atom. The summed E-state index contributed by atoms with van der Waals surface area (Å²) in [7, 11) is 0. The minimum atomic E-state index is -0.402. The van der Waals surface area contributed by atoms with Gasteiger partial charge in [-0.05, 0) is 24.3 Å². The molecule has 0 spiro atoms. The van der Waals surface area contributed by atoms with Gasteiger partial charge in [0.1, 0.15) is 5.82 Å². The number of amides is 1. The Labute approximate surface area is 121 Å². The van der Waals surface area contributed by atoms with Crippen LogP contribution in [0.25, 0.3) is 0 Å². The normalized spacial score (nSPS) is 13.9. The van der Waals surface area contributed by atoms with Gasteiger partial charge in [0, 0.05) is 10.6 Å². The van der Waals surface area contributed by atoms with Gasteiger partial charge in [0.15, 0.2) is 0 Å². The van der Waals surface area contributed by atoms with E-state index in [0.29, 0.717) is 10.6 Å². The summed E-state index contributed by atoms with van der Waals surface area (Å²) in [4.78, 5) is 13.6. The van der Waals surface area contributed by atoms with Crippen LogP contribution in [0.5, 0.6) is 0 Å². The number of nitrogens with zero attached hydrogens (tertiary/aromatic N) is 1. The van der Waals surface area contributed by atoms with Crippen LogP contribution in [0, 0.1) is 5.82 Å². The summed E-state index contributed by atoms with van der Waals surface area (Å²) < 4.78 is 13.9. The molecule has 20 heavy (non-hydrogen) atoms. The molecule has 0 saturated carbocycles. The smallest absolute Gasteiger partial charge is 0.246 e. The number of para-hydroxylation sites is 2. The van der Waals surface area contributed by atoms with Crippen LogP contribution >= 0.6 is 11.6 Å². The van der Waals surface area contributed by atoms with Gasteiger partial charge in [-0.3, -0.25) is 4.79 Å². The summed E-state index contributed by atoms with van der Waals surface area (Å²) in [6.45, 7) is 0.409. The average Bonchev–Trinajstić information content (AvgIpc) is 2.44. The van der Waals surface area contributed by atoms with Crippen LogP contribution in [-0.2, 0) is 11.3 Å². The van der Waals surface area contributed by atoms with E-state index in [9.17, 15) is 9.18 Å². The van der Waals surface area contributed by atoms with Gasteiger partial charge >= 0.3 is 0 Å². The molecule has 0 fully saturated rings. The van der Waals surface area contributed by atoms with E-state index < -0.39 is 5.82 Å². The van der Waals surface area contributed by atoms with Gasteiger partial charge in [-0.25, -0.2) is 4.39 Å². The Morgan fingerprint density at radius 3 is 2.85 bits per heavy atom. The standard InChI is InChI=1S/C15H12ClFN2O/c16-11-6-5-10(12(17)7-11)9-19-14-4-2-1-3-13(14)18-8-15(19)20/h1-7,18H,8-9H2. The predicted octanol–water partition coefficient (Wildman–Crippen LogP) is 3.44. The fourth-order valence-corrected chi connectivity index (χ4v) is 2.41. The number of halogens is 2. The second-order valence-electron chi connectivity index (χ2n) is 4.59. The van der Waals surface area contributed by atoms with E-state index in [2.05, 4.69) is 5.32 Å². The molecule has 1 N–H and O–H groups in total. The maximum Gasteiger partial charge on any atom is 0.246 e. The lowest BCUT2D eigenvalue weighted by molar-refractivity contribution is -0.117. The highest BCUT2D eigenvalue weighted by Crippen LogP contribution is 2.30. The number of benzene rings is 2. The van der Waals surface area contributed by atoms with Crippen molar-refractivity contribution in [2.45, 2.75) is 6.54 Å². The molecule has 0 bridgehead atoms. The van der Waals surface area contributed by atoms with Crippen molar-refractivity contribution in [2.24, 2.45) is 0 Å². The van der Waals surface area contributed by atoms with Crippen molar-refractivity contribution in [3.63, 3.8) is 0 Å². The number of carbonyl (C=O) groups excluding carboxylic acids is 1. The highest BCUT2D eigenvalue weighted by molar-refractivity contribution is 6.30. The van der Waals surface area contributed by atoms with Crippen LogP contribution in [0.3, 0.4) is 0 Å². The molecule has 5 heteroatoms. The van der Waals surface area contributed by atoms with Crippen molar-refractivity contribution < 1.29 is 9.18 Å². The van der Waals surface area contributed by atoms with E-state index >= 15 is 0 Å². The highest BCUT2D eigenvalue weighted by Gasteiger charge is 2.24. The molecule has 0 radical (unpaired) electrons. The molecular formula is C15H12ClFN2O. The molecule has 1 amide bonds. The number of nitrogens with one attached hydrogen (secondary N) is 1. The zero-order valence-electron chi connectivity index (χ0n) is 10.6. The SMILES string of the molecule is O=C1CNc2ccccc2N1Cc1ccc(Cl)cc1F. The molecule has 102 valence electrons. The zero-order chi connectivity index (χ0) is 14.1. The van der Waals surface area contributed by atoms with Gasteiger partial charge in [-0.1, -0.05) is 29.8 Å². The van der Waals surface area contributed by atoms with Crippen LogP contribution in [0.15, 0.2) is 42.5 Å². The van der Waals surface area contributed by atoms with Crippen LogP contribution in [0.4, 0.5) is 15.8 Å². The molecule has 3 rings (SSSR count). The molecule has 0 aromatic heterocycles. The maximum atomic E-state index is 13.9. The average molecular weight is 291 g/mol. The lowest BCUT2D eigenvalue weighted by atomic mass is 10.1. The van der Waals surface area contributed by atoms with Crippen molar-refractivity contribution in [3.05, 3.63) is 58.9 Å². The Kier molecular flexibility index (Phi) is 3.32. The fourth-order valence-electron chi connectivity index (χ4n) is 2.25. The molecule has 1 aliphatic rings. The molecule has 2 aromatic carbocycles. The maximum absolute atomic E-state index is 13.9. The van der Waals surface area contributed by atoms with Gasteiger partial charge < -0.3 is 10.2 Å². The summed E-state index contributed by atoms with van der Waals surface area (Å²) in [5, 5.41) is 3.39. The number of anilines is 2. The molecule has 1 aliphatic heterocycles. The topological polar surface area (TPSA) is 32.3 Å². The first kappa shape index (κ1) is 12.9. The second-order valence-corrected chi connectivity index (χ2v) is 5.02. The Balaban J connectivity index is 1.95. The van der Waals surface area contributed by atoms with Gasteiger partial charge in [0.2, 0.25) is 5.91 Å². The van der Waals surface area contributed by atoms with E-state index in [0.717, 1.165) is 11.4 Å². The fraction of sp³-hybridized carbons (Fsp3) is 0.133. The van der Waals surface area contributed by atoms with Gasteiger partial charge in [-0.2, -0.15) is 0 Å². The highest BCUT2D eigenvalue weighted by atomic mass is 35.5. The van der Waals surface area contributed by atoms with E-state index in [1.165, 1.54) is 6.07 Å². The quantitative estimate of drug-likeness (QED) is 0.919. The predicted molar refractivity (Wildman–Crippen MR) is 77.5 cm³/mol. The molecule has 3 nitrogen and oxygen atoms in total. The Hall–Kier alpha value is -2.07. The lowest BCUT2D eigenvalue weighted by Gasteiger charge is -2.30. The zero-order valence-corrected chi connectivity index (χ0v) is 11.3. The Bertz CT molecular complexity index is 675. The van der Waals surface area contributed by atoms with Gasteiger partial charge in [-0.15, -0.1) is 0 Å². The van der Waals surface area contributed by atoms with Crippen LogP contribution < -0.4 is 10.2 Å². The van der Waals surface area contributed by atoms with E-state index in [4.69, 9.17) is 11.6 Å². The molecule has 0 unspecified atom stereocenters. The number of hydrogen-bond acceptors (Lipinski definition) is 2. The minimum Gasteiger partial charge on any atom is -0.374 e. The summed E-state index contributed by atoms with van der Waals surface area (Å²) in [6, 6.07) is 12.0. The molecule has 0 aliphatic carbocycles. The van der Waals surface area contributed by atoms with Gasteiger partial charge in [0.05, 0.1) is 24.5 Å². The van der Waals surface area contributed by atoms with E-state index in [1.54, 1.807) is 17.0 Å². The lowest BCUT2D eigenvalue weighted by Crippen LogP contribution is -2.39. The second kappa shape index (κ2) is 5.13.